The van der Waals surface area contributed by atoms with Crippen LogP contribution in [-0.4, -0.2) is 21.6 Å². The van der Waals surface area contributed by atoms with Gasteiger partial charge >= 0.3 is 0 Å². The molecule has 1 aliphatic rings. The highest BCUT2D eigenvalue weighted by atomic mass is 15.2. The zero-order valence-corrected chi connectivity index (χ0v) is 40.3. The lowest BCUT2D eigenvalue weighted by Crippen LogP contribution is -2.33. The molecule has 1 N–H and O–H groups in total. The molecule has 11 aromatic carbocycles. The lowest BCUT2D eigenvalue weighted by molar-refractivity contribution is 0.674. The summed E-state index contributed by atoms with van der Waals surface area (Å²) in [5, 5.41) is 8.37. The molecule has 0 fully saturated rings. The van der Waals surface area contributed by atoms with Crippen molar-refractivity contribution in [1.29, 1.82) is 0 Å². The Morgan fingerprint density at radius 1 is 0.297 bits per heavy atom. The summed E-state index contributed by atoms with van der Waals surface area (Å²) in [6.07, 6.45) is -0.243. The second-order valence-electron chi connectivity index (χ2n) is 18.6. The van der Waals surface area contributed by atoms with E-state index < -0.39 is 0 Å². The molecule has 0 amide bonds. The highest BCUT2D eigenvalue weighted by molar-refractivity contribution is 6.13. The van der Waals surface area contributed by atoms with Crippen molar-refractivity contribution in [1.82, 2.24) is 15.3 Å². The van der Waals surface area contributed by atoms with Gasteiger partial charge in [-0.15, -0.1) is 0 Å². The van der Waals surface area contributed by atoms with Crippen molar-refractivity contribution >= 4 is 33.2 Å². The van der Waals surface area contributed by atoms with Gasteiger partial charge in [-0.05, 0) is 89.8 Å². The highest BCUT2D eigenvalue weighted by Gasteiger charge is 2.21. The van der Waals surface area contributed by atoms with Crippen molar-refractivity contribution in [2.45, 2.75) is 6.17 Å². The minimum atomic E-state index is -0.243. The third kappa shape index (κ3) is 8.84. The summed E-state index contributed by atoms with van der Waals surface area (Å²) in [5.74, 6) is 2.22. The summed E-state index contributed by atoms with van der Waals surface area (Å²) in [6, 6.07) is 96.3. The van der Waals surface area contributed by atoms with Crippen molar-refractivity contribution in [3.05, 3.63) is 290 Å². The van der Waals surface area contributed by atoms with Gasteiger partial charge in [0.1, 0.15) is 12.0 Å². The maximum absolute atomic E-state index is 5.11. The van der Waals surface area contributed by atoms with Crippen molar-refractivity contribution < 1.29 is 0 Å². The first-order valence-corrected chi connectivity index (χ1v) is 25.0. The van der Waals surface area contributed by atoms with Gasteiger partial charge in [-0.25, -0.2) is 20.0 Å². The lowest BCUT2D eigenvalue weighted by atomic mass is 9.91. The number of nitrogens with one attached hydrogen (secondary N) is 1. The molecule has 1 atom stereocenters. The number of amidine groups is 2. The van der Waals surface area contributed by atoms with Crippen LogP contribution in [0.2, 0.25) is 0 Å². The van der Waals surface area contributed by atoms with E-state index in [4.69, 9.17) is 20.0 Å². The molecule has 1 unspecified atom stereocenters. The van der Waals surface area contributed by atoms with E-state index in [0.29, 0.717) is 11.7 Å². The fourth-order valence-electron chi connectivity index (χ4n) is 10.1. The molecule has 74 heavy (non-hydrogen) atoms. The molecule has 0 spiro atoms. The summed E-state index contributed by atoms with van der Waals surface area (Å²) in [6.45, 7) is 0. The lowest BCUT2D eigenvalue weighted by Gasteiger charge is -2.23. The molecule has 2 heterocycles. The number of fused-ring (bicyclic) bond motifs is 2. The van der Waals surface area contributed by atoms with Crippen LogP contribution in [-0.2, 0) is 0 Å². The van der Waals surface area contributed by atoms with Gasteiger partial charge in [-0.3, -0.25) is 0 Å². The Kier molecular flexibility index (Phi) is 11.6. The largest absolute Gasteiger partial charge is 0.344 e. The molecule has 0 saturated carbocycles. The zero-order chi connectivity index (χ0) is 49.2. The van der Waals surface area contributed by atoms with E-state index in [9.17, 15) is 0 Å². The highest BCUT2D eigenvalue weighted by Crippen LogP contribution is 2.38. The van der Waals surface area contributed by atoms with Crippen LogP contribution in [0, 0.1) is 0 Å². The molecule has 1 aromatic heterocycles. The Hall–Kier alpha value is -9.84. The third-order valence-corrected chi connectivity index (χ3v) is 14.0. The number of aliphatic imine (C=N–C) groups is 2. The summed E-state index contributed by atoms with van der Waals surface area (Å²) in [7, 11) is 0. The van der Waals surface area contributed by atoms with Gasteiger partial charge in [0.15, 0.2) is 11.7 Å². The molecule has 0 saturated heterocycles. The van der Waals surface area contributed by atoms with Crippen LogP contribution in [0.15, 0.2) is 283 Å². The van der Waals surface area contributed by atoms with Gasteiger partial charge in [-0.1, -0.05) is 255 Å². The minimum Gasteiger partial charge on any atom is -0.344 e. The van der Waals surface area contributed by atoms with Gasteiger partial charge in [0.25, 0.3) is 0 Å². The van der Waals surface area contributed by atoms with Gasteiger partial charge in [0, 0.05) is 27.8 Å². The molecular weight excluding hydrogens is 899 g/mol. The Labute approximate surface area is 430 Å². The molecule has 1 aliphatic heterocycles. The summed E-state index contributed by atoms with van der Waals surface area (Å²) < 4.78 is 0. The normalized spacial score (nSPS) is 13.3. The number of hydrogen-bond acceptors (Lipinski definition) is 5. The van der Waals surface area contributed by atoms with E-state index in [1.807, 2.05) is 60.7 Å². The summed E-state index contributed by atoms with van der Waals surface area (Å²) in [4.78, 5) is 20.3. The van der Waals surface area contributed by atoms with Gasteiger partial charge in [0.2, 0.25) is 0 Å². The number of aromatic nitrogens is 2. The van der Waals surface area contributed by atoms with E-state index in [2.05, 4.69) is 218 Å². The first-order chi connectivity index (χ1) is 36.6. The Bertz CT molecular complexity index is 4040. The fourth-order valence-corrected chi connectivity index (χ4v) is 10.1. The van der Waals surface area contributed by atoms with E-state index in [0.717, 1.165) is 72.9 Å². The van der Waals surface area contributed by atoms with Crippen LogP contribution in [0.25, 0.3) is 100.0 Å². The summed E-state index contributed by atoms with van der Waals surface area (Å²) in [5.41, 5.74) is 17.3. The predicted molar refractivity (Wildman–Crippen MR) is 307 cm³/mol. The molecular formula is C69H47N5. The zero-order valence-electron chi connectivity index (χ0n) is 40.3. The van der Waals surface area contributed by atoms with E-state index in [1.165, 1.54) is 43.8 Å². The molecule has 348 valence electrons. The Morgan fingerprint density at radius 3 is 1.22 bits per heavy atom. The SMILES string of the molecule is c1ccc(C2=NC(c3ccc(-c4ccc5c(-c6cccc7cc(-c8ccc(-c9cc(-c%10ccc(-c%11ccccc%11)cc%10)nc(-c%10ccccc%10)n9)cc8)ccc67)cccc5c4)cc3)=NC(c3ccccc3)N2)cc1. The van der Waals surface area contributed by atoms with Crippen molar-refractivity contribution in [3.8, 4) is 78.4 Å². The standard InChI is InChI=1S/C69H47N5/c1-5-15-46(16-6-1)47-27-33-50(34-28-47)64-45-65(71-66(70-64)52-17-7-2-8-18-52)51-35-29-48(30-36-51)56-39-41-60-58(43-56)23-13-25-62(60)63-26-14-24-59-44-57(40-42-61(59)63)49-31-37-55(38-32-49)69-73-67(53-19-9-3-10-20-53)72-68(74-69)54-21-11-4-12-22-54/h1-45,67H,(H,72,73,74). The molecule has 5 nitrogen and oxygen atoms in total. The van der Waals surface area contributed by atoms with Gasteiger partial charge in [-0.2, -0.15) is 0 Å². The average Bonchev–Trinajstić information content (AvgIpc) is 3.49. The maximum atomic E-state index is 5.11. The van der Waals surface area contributed by atoms with Crippen molar-refractivity contribution in [2.75, 3.05) is 0 Å². The van der Waals surface area contributed by atoms with E-state index in [-0.39, 0.29) is 6.17 Å². The molecule has 0 aliphatic carbocycles. The number of hydrogen-bond donors (Lipinski definition) is 1. The van der Waals surface area contributed by atoms with Crippen LogP contribution >= 0.6 is 0 Å². The third-order valence-electron chi connectivity index (χ3n) is 14.0. The van der Waals surface area contributed by atoms with Crippen LogP contribution in [0.1, 0.15) is 22.9 Å². The second kappa shape index (κ2) is 19.4. The molecule has 5 heteroatoms. The average molecular weight is 946 g/mol. The van der Waals surface area contributed by atoms with Gasteiger partial charge in [0.05, 0.1) is 11.4 Å². The Balaban J connectivity index is 0.770. The first-order valence-electron chi connectivity index (χ1n) is 25.0. The fraction of sp³-hybridized carbons (Fsp3) is 0.0145. The molecule has 12 aromatic rings. The smallest absolute Gasteiger partial charge is 0.160 e. The maximum Gasteiger partial charge on any atom is 0.160 e. The van der Waals surface area contributed by atoms with E-state index >= 15 is 0 Å². The van der Waals surface area contributed by atoms with Gasteiger partial charge < -0.3 is 5.32 Å². The predicted octanol–water partition coefficient (Wildman–Crippen LogP) is 16.9. The molecule has 0 radical (unpaired) electrons. The molecule has 0 bridgehead atoms. The number of rotatable bonds is 10. The Morgan fingerprint density at radius 2 is 0.703 bits per heavy atom. The topological polar surface area (TPSA) is 62.5 Å². The second-order valence-corrected chi connectivity index (χ2v) is 18.6. The van der Waals surface area contributed by atoms with Crippen molar-refractivity contribution in [2.24, 2.45) is 9.98 Å². The van der Waals surface area contributed by atoms with Crippen LogP contribution in [0.3, 0.4) is 0 Å². The number of benzene rings is 11. The van der Waals surface area contributed by atoms with Crippen LogP contribution in [0.4, 0.5) is 0 Å². The summed E-state index contributed by atoms with van der Waals surface area (Å²) >= 11 is 0. The van der Waals surface area contributed by atoms with Crippen molar-refractivity contribution in [3.63, 3.8) is 0 Å². The minimum absolute atomic E-state index is 0.243. The van der Waals surface area contributed by atoms with E-state index in [1.54, 1.807) is 0 Å². The molecule has 13 rings (SSSR count). The quantitative estimate of drug-likeness (QED) is 0.149. The number of nitrogens with zero attached hydrogens (tertiary/aromatic N) is 4. The first kappa shape index (κ1) is 44.1. The monoisotopic (exact) mass is 945 g/mol. The van der Waals surface area contributed by atoms with Crippen LogP contribution < -0.4 is 5.32 Å². The van der Waals surface area contributed by atoms with Crippen LogP contribution in [0.5, 0.6) is 0 Å².